The minimum atomic E-state index is -0.595. The number of benzene rings is 2. The summed E-state index contributed by atoms with van der Waals surface area (Å²) in [5.74, 6) is 0.916. The average molecular weight is 526 g/mol. The van der Waals surface area contributed by atoms with Gasteiger partial charge in [-0.3, -0.25) is 4.90 Å². The van der Waals surface area contributed by atoms with Gasteiger partial charge in [-0.25, -0.2) is 9.59 Å². The molecular formula is C27H28BrNO5. The van der Waals surface area contributed by atoms with Gasteiger partial charge in [-0.05, 0) is 48.2 Å². The van der Waals surface area contributed by atoms with Crippen LogP contribution in [-0.2, 0) is 6.54 Å². The van der Waals surface area contributed by atoms with Crippen LogP contribution in [-0.4, -0.2) is 23.1 Å². The van der Waals surface area contributed by atoms with Gasteiger partial charge in [0.2, 0.25) is 0 Å². The first-order valence-corrected chi connectivity index (χ1v) is 12.2. The molecule has 7 heteroatoms. The maximum absolute atomic E-state index is 12.9. The predicted molar refractivity (Wildman–Crippen MR) is 138 cm³/mol. The Kier molecular flexibility index (Phi) is 6.96. The molecular weight excluding hydrogens is 498 g/mol. The second kappa shape index (κ2) is 9.76. The Morgan fingerprint density at radius 3 is 2.29 bits per heavy atom. The Morgan fingerprint density at radius 1 is 0.912 bits per heavy atom. The molecule has 34 heavy (non-hydrogen) atoms. The van der Waals surface area contributed by atoms with E-state index in [2.05, 4.69) is 48.5 Å². The van der Waals surface area contributed by atoms with Gasteiger partial charge < -0.3 is 13.9 Å². The molecule has 1 N–H and O–H groups in total. The molecule has 0 unspecified atom stereocenters. The van der Waals surface area contributed by atoms with Crippen molar-refractivity contribution in [3.05, 3.63) is 73.3 Å². The number of fused-ring (bicyclic) bond motifs is 2. The molecule has 0 bridgehead atoms. The number of aromatic hydroxyl groups is 1. The van der Waals surface area contributed by atoms with E-state index in [4.69, 9.17) is 8.83 Å². The zero-order chi connectivity index (χ0) is 24.6. The maximum Gasteiger partial charge on any atom is 0.344 e. The minimum absolute atomic E-state index is 0.0554. The van der Waals surface area contributed by atoms with Crippen molar-refractivity contribution >= 4 is 37.9 Å². The Labute approximate surface area is 205 Å². The summed E-state index contributed by atoms with van der Waals surface area (Å²) in [4.78, 5) is 27.7. The van der Waals surface area contributed by atoms with E-state index in [0.29, 0.717) is 40.5 Å². The lowest BCUT2D eigenvalue weighted by molar-refractivity contribution is 0.209. The number of halogens is 1. The first kappa shape index (κ1) is 24.2. The van der Waals surface area contributed by atoms with Gasteiger partial charge >= 0.3 is 11.3 Å². The fourth-order valence-electron chi connectivity index (χ4n) is 4.39. The molecule has 0 saturated heterocycles. The van der Waals surface area contributed by atoms with E-state index < -0.39 is 11.3 Å². The van der Waals surface area contributed by atoms with Crippen LogP contribution in [0.5, 0.6) is 5.75 Å². The van der Waals surface area contributed by atoms with Gasteiger partial charge in [0.1, 0.15) is 16.9 Å². The molecule has 2 aromatic carbocycles. The molecule has 0 fully saturated rings. The second-order valence-corrected chi connectivity index (χ2v) is 10.4. The third kappa shape index (κ3) is 5.10. The highest BCUT2D eigenvalue weighted by atomic mass is 79.9. The number of phenolic OH excluding ortho intramolecular Hbond substituents is 1. The number of hydrogen-bond acceptors (Lipinski definition) is 6. The summed E-state index contributed by atoms with van der Waals surface area (Å²) in [7, 11) is 0. The number of nitrogens with zero attached hydrogens (tertiary/aromatic N) is 1. The molecule has 0 atom stereocenters. The zero-order valence-electron chi connectivity index (χ0n) is 19.7. The summed E-state index contributed by atoms with van der Waals surface area (Å²) in [5, 5.41) is 12.0. The first-order valence-electron chi connectivity index (χ1n) is 11.4. The Bertz CT molecular complexity index is 1460. The van der Waals surface area contributed by atoms with E-state index in [9.17, 15) is 14.7 Å². The second-order valence-electron chi connectivity index (χ2n) is 9.53. The van der Waals surface area contributed by atoms with E-state index in [1.807, 2.05) is 6.07 Å². The Balaban J connectivity index is 1.91. The molecule has 0 aliphatic carbocycles. The van der Waals surface area contributed by atoms with Crippen molar-refractivity contribution in [2.24, 2.45) is 11.8 Å². The van der Waals surface area contributed by atoms with Crippen LogP contribution in [0, 0.1) is 11.8 Å². The highest BCUT2D eigenvalue weighted by molar-refractivity contribution is 9.10. The standard InChI is InChI=1S/C27H28BrNO5/c1-15(2)12-29(13-16(3)4)14-22-23(30)7-6-19-20(11-25(31)34-26(19)22)21-10-17-9-18(28)5-8-24(17)33-27(21)32/h5-11,15-16,30H,12-14H2,1-4H3. The quantitative estimate of drug-likeness (QED) is 0.291. The number of hydrogen-bond donors (Lipinski definition) is 1. The molecule has 0 aliphatic rings. The van der Waals surface area contributed by atoms with Crippen molar-refractivity contribution in [2.45, 2.75) is 34.2 Å². The third-order valence-corrected chi connectivity index (χ3v) is 6.10. The summed E-state index contributed by atoms with van der Waals surface area (Å²) < 4.78 is 12.0. The number of rotatable bonds is 7. The van der Waals surface area contributed by atoms with Gasteiger partial charge in [0.15, 0.2) is 0 Å². The molecule has 2 heterocycles. The van der Waals surface area contributed by atoms with E-state index in [1.165, 1.54) is 6.07 Å². The van der Waals surface area contributed by atoms with Crippen molar-refractivity contribution in [1.82, 2.24) is 4.90 Å². The normalized spacial score (nSPS) is 12.0. The van der Waals surface area contributed by atoms with Crippen LogP contribution in [0.15, 0.2) is 65.4 Å². The third-order valence-electron chi connectivity index (χ3n) is 5.60. The molecule has 0 amide bonds. The molecule has 0 saturated carbocycles. The van der Waals surface area contributed by atoms with Crippen molar-refractivity contribution in [2.75, 3.05) is 13.1 Å². The topological polar surface area (TPSA) is 83.9 Å². The van der Waals surface area contributed by atoms with E-state index >= 15 is 0 Å². The van der Waals surface area contributed by atoms with Crippen molar-refractivity contribution in [1.29, 1.82) is 0 Å². The highest BCUT2D eigenvalue weighted by Gasteiger charge is 2.20. The van der Waals surface area contributed by atoms with Crippen molar-refractivity contribution < 1.29 is 13.9 Å². The molecule has 2 aromatic heterocycles. The van der Waals surface area contributed by atoms with Gasteiger partial charge in [0, 0.05) is 46.5 Å². The van der Waals surface area contributed by atoms with Crippen LogP contribution < -0.4 is 11.3 Å². The van der Waals surface area contributed by atoms with Gasteiger partial charge in [-0.2, -0.15) is 0 Å². The van der Waals surface area contributed by atoms with Crippen LogP contribution in [0.4, 0.5) is 0 Å². The first-order chi connectivity index (χ1) is 16.1. The molecule has 0 spiro atoms. The summed E-state index contributed by atoms with van der Waals surface area (Å²) in [6.07, 6.45) is 0. The van der Waals surface area contributed by atoms with E-state index in [-0.39, 0.29) is 16.9 Å². The Morgan fingerprint density at radius 2 is 1.62 bits per heavy atom. The predicted octanol–water partition coefficient (Wildman–Crippen LogP) is 6.15. The van der Waals surface area contributed by atoms with Crippen LogP contribution in [0.3, 0.4) is 0 Å². The zero-order valence-corrected chi connectivity index (χ0v) is 21.3. The van der Waals surface area contributed by atoms with Crippen molar-refractivity contribution in [3.8, 4) is 16.9 Å². The molecule has 6 nitrogen and oxygen atoms in total. The van der Waals surface area contributed by atoms with Gasteiger partial charge in [-0.15, -0.1) is 0 Å². The van der Waals surface area contributed by atoms with E-state index in [0.717, 1.165) is 22.9 Å². The average Bonchev–Trinajstić information content (AvgIpc) is 2.74. The fourth-order valence-corrected chi connectivity index (χ4v) is 4.77. The summed E-state index contributed by atoms with van der Waals surface area (Å²) >= 11 is 3.44. The summed E-state index contributed by atoms with van der Waals surface area (Å²) in [5.41, 5.74) is 0.823. The van der Waals surface area contributed by atoms with Crippen LogP contribution in [0.25, 0.3) is 33.1 Å². The molecule has 4 aromatic rings. The summed E-state index contributed by atoms with van der Waals surface area (Å²) in [6, 6.07) is 11.6. The van der Waals surface area contributed by atoms with Gasteiger partial charge in [0.25, 0.3) is 0 Å². The van der Waals surface area contributed by atoms with Crippen LogP contribution >= 0.6 is 15.9 Å². The SMILES string of the molecule is CC(C)CN(Cc1c(O)ccc2c(-c3cc4cc(Br)ccc4oc3=O)cc(=O)oc12)CC(C)C. The molecule has 0 aliphatic heterocycles. The minimum Gasteiger partial charge on any atom is -0.507 e. The van der Waals surface area contributed by atoms with Crippen LogP contribution in [0.1, 0.15) is 33.3 Å². The number of phenols is 1. The van der Waals surface area contributed by atoms with Gasteiger partial charge in [0.05, 0.1) is 11.1 Å². The summed E-state index contributed by atoms with van der Waals surface area (Å²) in [6.45, 7) is 10.7. The lowest BCUT2D eigenvalue weighted by atomic mass is 9.99. The largest absolute Gasteiger partial charge is 0.507 e. The molecule has 4 rings (SSSR count). The maximum atomic E-state index is 12.9. The monoisotopic (exact) mass is 525 g/mol. The lowest BCUT2D eigenvalue weighted by Crippen LogP contribution is -2.31. The smallest absolute Gasteiger partial charge is 0.344 e. The lowest BCUT2D eigenvalue weighted by Gasteiger charge is -2.26. The Hall–Kier alpha value is -2.90. The van der Waals surface area contributed by atoms with Crippen LogP contribution in [0.2, 0.25) is 0 Å². The highest BCUT2D eigenvalue weighted by Crippen LogP contribution is 2.34. The molecule has 0 radical (unpaired) electrons. The van der Waals surface area contributed by atoms with Crippen molar-refractivity contribution in [3.63, 3.8) is 0 Å². The van der Waals surface area contributed by atoms with Gasteiger partial charge in [-0.1, -0.05) is 43.6 Å². The molecule has 178 valence electrons. The fraction of sp³-hybridized carbons (Fsp3) is 0.333. The van der Waals surface area contributed by atoms with E-state index in [1.54, 1.807) is 30.3 Å².